The normalized spacial score (nSPS) is 17.4. The first kappa shape index (κ1) is 24.1. The molecular formula is C25H26N2O5S2. The highest BCUT2D eigenvalue weighted by atomic mass is 32.2. The van der Waals surface area contributed by atoms with E-state index < -0.39 is 25.9 Å². The van der Waals surface area contributed by atoms with Crippen molar-refractivity contribution < 1.29 is 21.6 Å². The Kier molecular flexibility index (Phi) is 6.88. The molecule has 1 fully saturated rings. The van der Waals surface area contributed by atoms with E-state index in [4.69, 9.17) is 0 Å². The maximum absolute atomic E-state index is 13.4. The number of amides is 1. The van der Waals surface area contributed by atoms with Gasteiger partial charge >= 0.3 is 0 Å². The van der Waals surface area contributed by atoms with E-state index in [1.807, 2.05) is 61.5 Å². The predicted octanol–water partition coefficient (Wildman–Crippen LogP) is 3.31. The van der Waals surface area contributed by atoms with Gasteiger partial charge in [-0.15, -0.1) is 0 Å². The summed E-state index contributed by atoms with van der Waals surface area (Å²) < 4.78 is 51.1. The second kappa shape index (κ2) is 9.69. The van der Waals surface area contributed by atoms with Crippen molar-refractivity contribution in [1.82, 2.24) is 4.72 Å². The summed E-state index contributed by atoms with van der Waals surface area (Å²) in [7, 11) is -7.11. The highest BCUT2D eigenvalue weighted by Gasteiger charge is 2.31. The maximum atomic E-state index is 13.4. The Morgan fingerprint density at radius 1 is 0.971 bits per heavy atom. The zero-order valence-corrected chi connectivity index (χ0v) is 20.3. The molecule has 0 aliphatic carbocycles. The number of carbonyl (C=O) groups excluding carboxylic acids is 1. The zero-order valence-electron chi connectivity index (χ0n) is 18.7. The molecule has 0 saturated carbocycles. The fourth-order valence-electron chi connectivity index (χ4n) is 3.88. The van der Waals surface area contributed by atoms with Crippen LogP contribution in [0.15, 0.2) is 83.8 Å². The number of sulfonamides is 1. The van der Waals surface area contributed by atoms with Crippen molar-refractivity contribution in [2.75, 3.05) is 16.4 Å². The Morgan fingerprint density at radius 3 is 2.21 bits per heavy atom. The Labute approximate surface area is 200 Å². The molecule has 1 N–H and O–H groups in total. The van der Waals surface area contributed by atoms with Gasteiger partial charge in [-0.25, -0.2) is 21.6 Å². The first-order valence-corrected chi connectivity index (χ1v) is 14.2. The molecule has 3 aromatic rings. The summed E-state index contributed by atoms with van der Waals surface area (Å²) in [5.41, 5.74) is 3.12. The third kappa shape index (κ3) is 5.72. The lowest BCUT2D eigenvalue weighted by Gasteiger charge is -2.23. The summed E-state index contributed by atoms with van der Waals surface area (Å²) >= 11 is 0. The fraction of sp³-hybridized carbons (Fsp3) is 0.240. The van der Waals surface area contributed by atoms with Gasteiger partial charge in [0.2, 0.25) is 10.0 Å². The van der Waals surface area contributed by atoms with Crippen LogP contribution in [0.5, 0.6) is 0 Å². The molecule has 4 rings (SSSR count). The number of aryl methyl sites for hydroxylation is 1. The molecule has 1 atom stereocenters. The van der Waals surface area contributed by atoms with E-state index in [1.54, 1.807) is 4.90 Å². The highest BCUT2D eigenvalue weighted by Crippen LogP contribution is 2.22. The van der Waals surface area contributed by atoms with Crippen LogP contribution in [0.2, 0.25) is 0 Å². The van der Waals surface area contributed by atoms with Crippen molar-refractivity contribution in [3.8, 4) is 0 Å². The Bertz CT molecular complexity index is 1370. The Hall–Kier alpha value is -3.01. The van der Waals surface area contributed by atoms with Gasteiger partial charge in [0, 0.05) is 17.3 Å². The molecule has 1 saturated heterocycles. The molecule has 0 spiro atoms. The Morgan fingerprint density at radius 2 is 1.62 bits per heavy atom. The standard InChI is InChI=1S/C25H26N2O5S2/c1-19-7-11-23(12-8-19)27(17-20-5-3-2-4-6-20)25(28)21-9-13-24(14-10-21)34(31,32)26-22-15-16-33(29,30)18-22/h2-14,22,26H,15-18H2,1H3. The quantitative estimate of drug-likeness (QED) is 0.539. The van der Waals surface area contributed by atoms with E-state index in [-0.39, 0.29) is 28.7 Å². The number of sulfone groups is 1. The van der Waals surface area contributed by atoms with E-state index in [9.17, 15) is 21.6 Å². The zero-order chi connectivity index (χ0) is 24.3. The SMILES string of the molecule is Cc1ccc(N(Cc2ccccc2)C(=O)c2ccc(S(=O)(=O)NC3CCS(=O)(=O)C3)cc2)cc1. The van der Waals surface area contributed by atoms with E-state index in [0.29, 0.717) is 12.1 Å². The van der Waals surface area contributed by atoms with Gasteiger partial charge in [0.05, 0.1) is 22.9 Å². The summed E-state index contributed by atoms with van der Waals surface area (Å²) in [4.78, 5) is 15.1. The molecular weight excluding hydrogens is 472 g/mol. The highest BCUT2D eigenvalue weighted by molar-refractivity contribution is 7.92. The van der Waals surface area contributed by atoms with Crippen LogP contribution in [0.25, 0.3) is 0 Å². The minimum atomic E-state index is -3.90. The number of benzene rings is 3. The summed E-state index contributed by atoms with van der Waals surface area (Å²) in [6.45, 7) is 2.34. The summed E-state index contributed by atoms with van der Waals surface area (Å²) in [6, 6.07) is 22.3. The number of nitrogens with one attached hydrogen (secondary N) is 1. The van der Waals surface area contributed by atoms with E-state index in [2.05, 4.69) is 4.72 Å². The first-order chi connectivity index (χ1) is 16.1. The maximum Gasteiger partial charge on any atom is 0.258 e. The number of hydrogen-bond acceptors (Lipinski definition) is 5. The van der Waals surface area contributed by atoms with Crippen LogP contribution in [0, 0.1) is 6.92 Å². The van der Waals surface area contributed by atoms with Gasteiger partial charge in [0.25, 0.3) is 5.91 Å². The van der Waals surface area contributed by atoms with Crippen molar-refractivity contribution >= 4 is 31.5 Å². The third-order valence-corrected chi connectivity index (χ3v) is 9.04. The fourth-order valence-corrected chi connectivity index (χ4v) is 6.93. The van der Waals surface area contributed by atoms with Gasteiger partial charge < -0.3 is 4.90 Å². The first-order valence-electron chi connectivity index (χ1n) is 10.9. The molecule has 0 bridgehead atoms. The monoisotopic (exact) mass is 498 g/mol. The molecule has 1 aliphatic heterocycles. The molecule has 1 aliphatic rings. The molecule has 9 heteroatoms. The lowest BCUT2D eigenvalue weighted by atomic mass is 10.1. The molecule has 1 amide bonds. The number of rotatable bonds is 7. The lowest BCUT2D eigenvalue weighted by Crippen LogP contribution is -2.35. The van der Waals surface area contributed by atoms with E-state index in [1.165, 1.54) is 24.3 Å². The third-order valence-electron chi connectivity index (χ3n) is 5.74. The molecule has 3 aromatic carbocycles. The van der Waals surface area contributed by atoms with Gasteiger partial charge in [-0.05, 0) is 55.3 Å². The number of hydrogen-bond donors (Lipinski definition) is 1. The van der Waals surface area contributed by atoms with Crippen LogP contribution in [0.4, 0.5) is 5.69 Å². The predicted molar refractivity (Wildman–Crippen MR) is 132 cm³/mol. The van der Waals surface area contributed by atoms with E-state index >= 15 is 0 Å². The van der Waals surface area contributed by atoms with Crippen LogP contribution in [-0.4, -0.2) is 40.3 Å². The molecule has 0 aromatic heterocycles. The number of nitrogens with zero attached hydrogens (tertiary/aromatic N) is 1. The van der Waals surface area contributed by atoms with Crippen LogP contribution >= 0.6 is 0 Å². The van der Waals surface area contributed by atoms with Crippen molar-refractivity contribution in [2.24, 2.45) is 0 Å². The van der Waals surface area contributed by atoms with Gasteiger partial charge in [-0.1, -0.05) is 48.0 Å². The van der Waals surface area contributed by atoms with Gasteiger partial charge in [-0.3, -0.25) is 4.79 Å². The molecule has 34 heavy (non-hydrogen) atoms. The number of carbonyl (C=O) groups is 1. The van der Waals surface area contributed by atoms with Gasteiger partial charge in [-0.2, -0.15) is 0 Å². The van der Waals surface area contributed by atoms with Crippen molar-refractivity contribution in [3.63, 3.8) is 0 Å². The second-order valence-corrected chi connectivity index (χ2v) is 12.4. The van der Waals surface area contributed by atoms with Crippen LogP contribution in [-0.2, 0) is 26.4 Å². The average molecular weight is 499 g/mol. The minimum absolute atomic E-state index is 0.0155. The van der Waals surface area contributed by atoms with Gasteiger partial charge in [0.15, 0.2) is 9.84 Å². The summed E-state index contributed by atoms with van der Waals surface area (Å²) in [6.07, 6.45) is 0.253. The smallest absolute Gasteiger partial charge is 0.258 e. The van der Waals surface area contributed by atoms with Crippen LogP contribution < -0.4 is 9.62 Å². The molecule has 1 heterocycles. The van der Waals surface area contributed by atoms with Crippen molar-refractivity contribution in [1.29, 1.82) is 0 Å². The van der Waals surface area contributed by atoms with Crippen LogP contribution in [0.3, 0.4) is 0 Å². The van der Waals surface area contributed by atoms with Crippen LogP contribution in [0.1, 0.15) is 27.9 Å². The lowest BCUT2D eigenvalue weighted by molar-refractivity contribution is 0.0985. The second-order valence-electron chi connectivity index (χ2n) is 8.46. The Balaban J connectivity index is 1.56. The molecule has 178 valence electrons. The van der Waals surface area contributed by atoms with E-state index in [0.717, 1.165) is 16.8 Å². The molecule has 1 unspecified atom stereocenters. The molecule has 0 radical (unpaired) electrons. The topological polar surface area (TPSA) is 101 Å². The molecule has 7 nitrogen and oxygen atoms in total. The average Bonchev–Trinajstić information content (AvgIpc) is 3.16. The minimum Gasteiger partial charge on any atom is -0.304 e. The number of anilines is 1. The van der Waals surface area contributed by atoms with Crippen molar-refractivity contribution in [2.45, 2.75) is 30.8 Å². The largest absolute Gasteiger partial charge is 0.304 e. The summed E-state index contributed by atoms with van der Waals surface area (Å²) in [5.74, 6) is -0.482. The summed E-state index contributed by atoms with van der Waals surface area (Å²) in [5, 5.41) is 0. The van der Waals surface area contributed by atoms with Gasteiger partial charge in [0.1, 0.15) is 0 Å². The van der Waals surface area contributed by atoms with Crippen molar-refractivity contribution in [3.05, 3.63) is 95.6 Å².